The van der Waals surface area contributed by atoms with Gasteiger partial charge in [-0.15, -0.1) is 0 Å². The fourth-order valence-electron chi connectivity index (χ4n) is 2.78. The standard InChI is InChI=1S/C21H27ClN2O4S/c1-16-6-10-19(11-7-16)28-14-12-23-21(25)5-4-13-24(29(3,26)27)20-15-18(22)9-8-17(20)2/h6-11,15H,4-5,12-14H2,1-3H3,(H,23,25). The topological polar surface area (TPSA) is 75.7 Å². The second-order valence-corrected chi connectivity index (χ2v) is 9.22. The molecule has 8 heteroatoms. The number of aryl methyl sites for hydroxylation is 2. The number of halogens is 1. The van der Waals surface area contributed by atoms with Gasteiger partial charge < -0.3 is 10.1 Å². The Morgan fingerprint density at radius 2 is 1.83 bits per heavy atom. The summed E-state index contributed by atoms with van der Waals surface area (Å²) in [5.41, 5.74) is 2.49. The Kier molecular flexibility index (Phi) is 8.34. The predicted molar refractivity (Wildman–Crippen MR) is 117 cm³/mol. The van der Waals surface area contributed by atoms with Crippen LogP contribution in [0.4, 0.5) is 5.69 Å². The van der Waals surface area contributed by atoms with E-state index in [0.717, 1.165) is 23.1 Å². The zero-order valence-corrected chi connectivity index (χ0v) is 18.5. The first-order valence-electron chi connectivity index (χ1n) is 9.37. The fourth-order valence-corrected chi connectivity index (χ4v) is 3.96. The monoisotopic (exact) mass is 438 g/mol. The normalized spacial score (nSPS) is 11.2. The van der Waals surface area contributed by atoms with Crippen molar-refractivity contribution in [3.05, 3.63) is 58.6 Å². The molecule has 0 aliphatic carbocycles. The molecule has 0 aliphatic rings. The maximum atomic E-state index is 12.2. The van der Waals surface area contributed by atoms with Gasteiger partial charge in [-0.25, -0.2) is 8.42 Å². The average molecular weight is 439 g/mol. The molecule has 0 aromatic heterocycles. The molecule has 1 N–H and O–H groups in total. The number of nitrogens with zero attached hydrogens (tertiary/aromatic N) is 1. The number of ether oxygens (including phenoxy) is 1. The van der Waals surface area contributed by atoms with E-state index >= 15 is 0 Å². The van der Waals surface area contributed by atoms with Gasteiger partial charge in [-0.3, -0.25) is 9.10 Å². The van der Waals surface area contributed by atoms with Crippen molar-refractivity contribution >= 4 is 33.2 Å². The van der Waals surface area contributed by atoms with Crippen molar-refractivity contribution in [1.29, 1.82) is 0 Å². The number of hydrogen-bond donors (Lipinski definition) is 1. The largest absolute Gasteiger partial charge is 0.492 e. The lowest BCUT2D eigenvalue weighted by molar-refractivity contribution is -0.121. The number of amides is 1. The fraction of sp³-hybridized carbons (Fsp3) is 0.381. The highest BCUT2D eigenvalue weighted by molar-refractivity contribution is 7.92. The van der Waals surface area contributed by atoms with Crippen molar-refractivity contribution in [2.24, 2.45) is 0 Å². The van der Waals surface area contributed by atoms with E-state index in [0.29, 0.717) is 30.3 Å². The summed E-state index contributed by atoms with van der Waals surface area (Å²) in [7, 11) is -3.49. The van der Waals surface area contributed by atoms with Gasteiger partial charge in [-0.05, 0) is 50.1 Å². The molecule has 0 aliphatic heterocycles. The van der Waals surface area contributed by atoms with Crippen molar-refractivity contribution in [3.8, 4) is 5.75 Å². The SMILES string of the molecule is Cc1ccc(OCCNC(=O)CCCN(c2cc(Cl)ccc2C)S(C)(=O)=O)cc1. The van der Waals surface area contributed by atoms with Crippen LogP contribution in [0.5, 0.6) is 5.75 Å². The average Bonchev–Trinajstić information content (AvgIpc) is 2.65. The van der Waals surface area contributed by atoms with Crippen LogP contribution in [0.15, 0.2) is 42.5 Å². The Morgan fingerprint density at radius 3 is 2.48 bits per heavy atom. The van der Waals surface area contributed by atoms with Crippen LogP contribution in [-0.4, -0.2) is 40.3 Å². The van der Waals surface area contributed by atoms with Gasteiger partial charge in [0.25, 0.3) is 0 Å². The quantitative estimate of drug-likeness (QED) is 0.574. The number of nitrogens with one attached hydrogen (secondary N) is 1. The highest BCUT2D eigenvalue weighted by Crippen LogP contribution is 2.26. The second kappa shape index (κ2) is 10.5. The zero-order valence-electron chi connectivity index (χ0n) is 16.9. The maximum absolute atomic E-state index is 12.2. The van der Waals surface area contributed by atoms with Gasteiger partial charge in [0.2, 0.25) is 15.9 Å². The first kappa shape index (κ1) is 23.0. The Hall–Kier alpha value is -2.25. The van der Waals surface area contributed by atoms with E-state index in [9.17, 15) is 13.2 Å². The molecule has 158 valence electrons. The highest BCUT2D eigenvalue weighted by Gasteiger charge is 2.19. The first-order valence-corrected chi connectivity index (χ1v) is 11.6. The Morgan fingerprint density at radius 1 is 1.14 bits per heavy atom. The lowest BCUT2D eigenvalue weighted by Gasteiger charge is -2.24. The minimum atomic E-state index is -3.49. The van der Waals surface area contributed by atoms with Gasteiger partial charge in [0.1, 0.15) is 12.4 Å². The lowest BCUT2D eigenvalue weighted by Crippen LogP contribution is -2.33. The summed E-state index contributed by atoms with van der Waals surface area (Å²) in [5.74, 6) is 0.610. The van der Waals surface area contributed by atoms with Crippen molar-refractivity contribution in [2.75, 3.05) is 30.3 Å². The number of carbonyl (C=O) groups is 1. The molecule has 1 amide bonds. The van der Waals surface area contributed by atoms with Gasteiger partial charge in [0, 0.05) is 18.0 Å². The zero-order chi connectivity index (χ0) is 21.4. The molecule has 0 bridgehead atoms. The predicted octanol–water partition coefficient (Wildman–Crippen LogP) is 3.70. The number of benzene rings is 2. The van der Waals surface area contributed by atoms with E-state index in [2.05, 4.69) is 5.32 Å². The van der Waals surface area contributed by atoms with Crippen LogP contribution in [0.3, 0.4) is 0 Å². The van der Waals surface area contributed by atoms with Crippen molar-refractivity contribution in [1.82, 2.24) is 5.32 Å². The number of rotatable bonds is 10. The molecule has 2 aromatic rings. The van der Waals surface area contributed by atoms with Crippen LogP contribution in [0, 0.1) is 13.8 Å². The molecule has 6 nitrogen and oxygen atoms in total. The number of carbonyl (C=O) groups excluding carboxylic acids is 1. The Labute approximate surface area is 177 Å². The third-order valence-electron chi connectivity index (χ3n) is 4.32. The van der Waals surface area contributed by atoms with Crippen LogP contribution in [0.1, 0.15) is 24.0 Å². The molecule has 0 saturated carbocycles. The molecule has 2 aromatic carbocycles. The van der Waals surface area contributed by atoms with Gasteiger partial charge in [-0.2, -0.15) is 0 Å². The van der Waals surface area contributed by atoms with Crippen LogP contribution in [0.25, 0.3) is 0 Å². The summed E-state index contributed by atoms with van der Waals surface area (Å²) < 4.78 is 31.3. The molecule has 0 saturated heterocycles. The molecule has 29 heavy (non-hydrogen) atoms. The molecule has 0 unspecified atom stereocenters. The molecule has 0 heterocycles. The van der Waals surface area contributed by atoms with E-state index in [-0.39, 0.29) is 18.9 Å². The smallest absolute Gasteiger partial charge is 0.232 e. The summed E-state index contributed by atoms with van der Waals surface area (Å²) in [4.78, 5) is 12.0. The summed E-state index contributed by atoms with van der Waals surface area (Å²) in [6.45, 7) is 4.78. The lowest BCUT2D eigenvalue weighted by atomic mass is 10.2. The number of anilines is 1. The van der Waals surface area contributed by atoms with Gasteiger partial charge in [-0.1, -0.05) is 35.4 Å². The summed E-state index contributed by atoms with van der Waals surface area (Å²) in [6.07, 6.45) is 1.76. The Bertz CT molecular complexity index is 930. The molecular weight excluding hydrogens is 412 g/mol. The molecular formula is C21H27ClN2O4S. The van der Waals surface area contributed by atoms with Crippen LogP contribution in [0.2, 0.25) is 5.02 Å². The molecule has 0 fully saturated rings. The van der Waals surface area contributed by atoms with Crippen LogP contribution < -0.4 is 14.4 Å². The maximum Gasteiger partial charge on any atom is 0.232 e. The van der Waals surface area contributed by atoms with E-state index < -0.39 is 10.0 Å². The first-order chi connectivity index (χ1) is 13.7. The minimum Gasteiger partial charge on any atom is -0.492 e. The Balaban J connectivity index is 1.79. The molecule has 0 spiro atoms. The van der Waals surface area contributed by atoms with Crippen molar-refractivity contribution in [2.45, 2.75) is 26.7 Å². The summed E-state index contributed by atoms with van der Waals surface area (Å²) in [5, 5.41) is 3.25. The molecule has 2 rings (SSSR count). The van der Waals surface area contributed by atoms with Gasteiger partial charge in [0.15, 0.2) is 0 Å². The molecule has 0 radical (unpaired) electrons. The van der Waals surface area contributed by atoms with E-state index in [4.69, 9.17) is 16.3 Å². The molecule has 0 atom stereocenters. The van der Waals surface area contributed by atoms with Gasteiger partial charge in [0.05, 0.1) is 18.5 Å². The second-order valence-electron chi connectivity index (χ2n) is 6.88. The highest BCUT2D eigenvalue weighted by atomic mass is 35.5. The number of hydrogen-bond acceptors (Lipinski definition) is 4. The van der Waals surface area contributed by atoms with Gasteiger partial charge >= 0.3 is 0 Å². The summed E-state index contributed by atoms with van der Waals surface area (Å²) in [6, 6.07) is 12.8. The third kappa shape index (κ3) is 7.59. The van der Waals surface area contributed by atoms with Crippen LogP contribution >= 0.6 is 11.6 Å². The van der Waals surface area contributed by atoms with E-state index in [1.807, 2.05) is 38.1 Å². The summed E-state index contributed by atoms with van der Waals surface area (Å²) >= 11 is 6.02. The van der Waals surface area contributed by atoms with E-state index in [1.165, 1.54) is 4.31 Å². The minimum absolute atomic E-state index is 0.145. The van der Waals surface area contributed by atoms with Crippen molar-refractivity contribution in [3.63, 3.8) is 0 Å². The number of sulfonamides is 1. The van der Waals surface area contributed by atoms with Crippen molar-refractivity contribution < 1.29 is 17.9 Å². The van der Waals surface area contributed by atoms with Crippen LogP contribution in [-0.2, 0) is 14.8 Å². The third-order valence-corrected chi connectivity index (χ3v) is 5.73. The van der Waals surface area contributed by atoms with E-state index in [1.54, 1.807) is 18.2 Å².